The molecular weight excluding hydrogens is 244 g/mol. The van der Waals surface area contributed by atoms with Crippen LogP contribution in [0.3, 0.4) is 0 Å². The molecule has 0 saturated carbocycles. The third-order valence-electron chi connectivity index (χ3n) is 2.12. The van der Waals surface area contributed by atoms with Crippen molar-refractivity contribution < 1.29 is 23.1 Å². The topological polar surface area (TPSA) is 80.7 Å². The highest BCUT2D eigenvalue weighted by atomic mass is 32.2. The Morgan fingerprint density at radius 2 is 2.12 bits per heavy atom. The predicted molar refractivity (Wildman–Crippen MR) is 62.0 cm³/mol. The Hall–Kier alpha value is -1.40. The minimum Gasteiger partial charge on any atom is -0.467 e. The van der Waals surface area contributed by atoms with E-state index in [0.29, 0.717) is 11.1 Å². The third-order valence-corrected chi connectivity index (χ3v) is 2.98. The van der Waals surface area contributed by atoms with Gasteiger partial charge in [0.2, 0.25) is 0 Å². The molecule has 1 aromatic rings. The summed E-state index contributed by atoms with van der Waals surface area (Å²) in [7, 11) is -1.97. The van der Waals surface area contributed by atoms with Gasteiger partial charge in [0.05, 0.1) is 12.9 Å². The highest BCUT2D eigenvalue weighted by Crippen LogP contribution is 2.17. The third kappa shape index (κ3) is 4.16. The van der Waals surface area contributed by atoms with Crippen LogP contribution < -0.4 is 0 Å². The van der Waals surface area contributed by atoms with Crippen molar-refractivity contribution in [2.24, 2.45) is 0 Å². The number of aliphatic hydroxyl groups excluding tert-OH is 1. The molecule has 1 atom stereocenters. The van der Waals surface area contributed by atoms with Crippen LogP contribution in [0.15, 0.2) is 24.3 Å². The zero-order chi connectivity index (χ0) is 13.1. The average Bonchev–Trinajstić information content (AvgIpc) is 2.25. The Bertz CT molecular complexity index is 506. The zero-order valence-electron chi connectivity index (χ0n) is 9.58. The Labute approximate surface area is 100.0 Å². The smallest absolute Gasteiger partial charge is 0.339 e. The van der Waals surface area contributed by atoms with E-state index in [9.17, 15) is 18.3 Å². The maximum Gasteiger partial charge on any atom is 0.339 e. The number of ether oxygens (including phenoxy) is 1. The summed E-state index contributed by atoms with van der Waals surface area (Å²) in [6, 6.07) is 6.21. The van der Waals surface area contributed by atoms with E-state index in [1.165, 1.54) is 19.2 Å². The molecule has 1 aromatic carbocycles. The summed E-state index contributed by atoms with van der Waals surface area (Å²) in [5.41, 5.74) is 0.839. The van der Waals surface area contributed by atoms with Gasteiger partial charge in [-0.2, -0.15) is 0 Å². The lowest BCUT2D eigenvalue weighted by Crippen LogP contribution is -2.13. The fourth-order valence-corrected chi connectivity index (χ4v) is 2.19. The number of esters is 1. The van der Waals surface area contributed by atoms with Crippen LogP contribution >= 0.6 is 0 Å². The Morgan fingerprint density at radius 3 is 2.65 bits per heavy atom. The van der Waals surface area contributed by atoms with Gasteiger partial charge in [-0.3, -0.25) is 0 Å². The molecule has 1 N–H and O–H groups in total. The van der Waals surface area contributed by atoms with Crippen molar-refractivity contribution in [2.75, 3.05) is 13.4 Å². The van der Waals surface area contributed by atoms with Gasteiger partial charge >= 0.3 is 5.97 Å². The molecule has 6 heteroatoms. The first-order valence-electron chi connectivity index (χ1n) is 4.86. The second-order valence-corrected chi connectivity index (χ2v) is 5.88. The molecule has 1 unspecified atom stereocenters. The monoisotopic (exact) mass is 258 g/mol. The molecule has 0 saturated heterocycles. The maximum absolute atomic E-state index is 11.1. The van der Waals surface area contributed by atoms with E-state index >= 15 is 0 Å². The molecular formula is C11H14O5S. The minimum atomic E-state index is -3.14. The number of sulfone groups is 1. The van der Waals surface area contributed by atoms with Crippen LogP contribution in [0.1, 0.15) is 17.2 Å². The SMILES string of the molecule is COC(=O)C(O)c1cccc(CS(C)(=O)=O)c1. The first-order chi connectivity index (χ1) is 7.83. The van der Waals surface area contributed by atoms with Crippen molar-refractivity contribution >= 4 is 15.8 Å². The second kappa shape index (κ2) is 5.29. The van der Waals surface area contributed by atoms with E-state index in [1.54, 1.807) is 12.1 Å². The number of rotatable bonds is 4. The van der Waals surface area contributed by atoms with Gasteiger partial charge in [0.15, 0.2) is 15.9 Å². The van der Waals surface area contributed by atoms with Gasteiger partial charge in [-0.1, -0.05) is 24.3 Å². The van der Waals surface area contributed by atoms with Crippen LogP contribution in [0.2, 0.25) is 0 Å². The Morgan fingerprint density at radius 1 is 1.47 bits per heavy atom. The van der Waals surface area contributed by atoms with Crippen molar-refractivity contribution in [3.63, 3.8) is 0 Å². The maximum atomic E-state index is 11.1. The fourth-order valence-electron chi connectivity index (χ4n) is 1.40. The van der Waals surface area contributed by atoms with E-state index in [-0.39, 0.29) is 5.75 Å². The van der Waals surface area contributed by atoms with Gasteiger partial charge < -0.3 is 9.84 Å². The lowest BCUT2D eigenvalue weighted by atomic mass is 10.1. The first-order valence-corrected chi connectivity index (χ1v) is 6.92. The Balaban J connectivity index is 2.97. The molecule has 1 rings (SSSR count). The summed E-state index contributed by atoms with van der Waals surface area (Å²) in [5, 5.41) is 9.59. The van der Waals surface area contributed by atoms with Crippen LogP contribution in [0.5, 0.6) is 0 Å². The normalized spacial score (nSPS) is 13.1. The van der Waals surface area contributed by atoms with Gasteiger partial charge in [0.1, 0.15) is 0 Å². The molecule has 0 aromatic heterocycles. The molecule has 94 valence electrons. The van der Waals surface area contributed by atoms with Gasteiger partial charge in [0, 0.05) is 6.26 Å². The zero-order valence-corrected chi connectivity index (χ0v) is 10.4. The molecule has 5 nitrogen and oxygen atoms in total. The van der Waals surface area contributed by atoms with Crippen LogP contribution in [0.25, 0.3) is 0 Å². The number of hydrogen-bond donors (Lipinski definition) is 1. The van der Waals surface area contributed by atoms with Crippen LogP contribution in [0.4, 0.5) is 0 Å². The molecule has 0 aliphatic heterocycles. The van der Waals surface area contributed by atoms with E-state index in [4.69, 9.17) is 0 Å². The molecule has 0 heterocycles. The summed E-state index contributed by atoms with van der Waals surface area (Å²) < 4.78 is 26.6. The van der Waals surface area contributed by atoms with Crippen LogP contribution in [0, 0.1) is 0 Å². The summed E-state index contributed by atoms with van der Waals surface area (Å²) in [5.74, 6) is -0.907. The van der Waals surface area contributed by atoms with E-state index in [1.807, 2.05) is 0 Å². The summed E-state index contributed by atoms with van der Waals surface area (Å²) in [6.45, 7) is 0. The van der Waals surface area contributed by atoms with E-state index < -0.39 is 21.9 Å². The van der Waals surface area contributed by atoms with E-state index in [0.717, 1.165) is 6.26 Å². The molecule has 0 aliphatic carbocycles. The second-order valence-electron chi connectivity index (χ2n) is 3.74. The fraction of sp³-hybridized carbons (Fsp3) is 0.364. The van der Waals surface area contributed by atoms with Gasteiger partial charge in [-0.05, 0) is 11.1 Å². The van der Waals surface area contributed by atoms with E-state index in [2.05, 4.69) is 4.74 Å². The van der Waals surface area contributed by atoms with Crippen LogP contribution in [-0.2, 0) is 25.1 Å². The number of carbonyl (C=O) groups excluding carboxylic acids is 1. The van der Waals surface area contributed by atoms with Crippen molar-refractivity contribution in [2.45, 2.75) is 11.9 Å². The number of aliphatic hydroxyl groups is 1. The highest BCUT2D eigenvalue weighted by molar-refractivity contribution is 7.89. The van der Waals surface area contributed by atoms with Crippen LogP contribution in [-0.4, -0.2) is 32.9 Å². The summed E-state index contributed by atoms with van der Waals surface area (Å²) in [4.78, 5) is 11.1. The van der Waals surface area contributed by atoms with Gasteiger partial charge in [-0.15, -0.1) is 0 Å². The van der Waals surface area contributed by atoms with Gasteiger partial charge in [-0.25, -0.2) is 13.2 Å². The molecule has 0 fully saturated rings. The van der Waals surface area contributed by atoms with Crippen molar-refractivity contribution in [3.8, 4) is 0 Å². The number of hydrogen-bond acceptors (Lipinski definition) is 5. The first kappa shape index (κ1) is 13.7. The minimum absolute atomic E-state index is 0.130. The largest absolute Gasteiger partial charge is 0.467 e. The number of benzene rings is 1. The lowest BCUT2D eigenvalue weighted by molar-refractivity contribution is -0.150. The molecule has 0 bridgehead atoms. The average molecular weight is 258 g/mol. The lowest BCUT2D eigenvalue weighted by Gasteiger charge is -2.09. The van der Waals surface area contributed by atoms with Crippen molar-refractivity contribution in [3.05, 3.63) is 35.4 Å². The number of methoxy groups -OCH3 is 1. The quantitative estimate of drug-likeness (QED) is 0.792. The standard InChI is InChI=1S/C11H14O5S/c1-16-11(13)10(12)9-5-3-4-8(6-9)7-17(2,14)15/h3-6,10,12H,7H2,1-2H3. The van der Waals surface area contributed by atoms with Crippen molar-refractivity contribution in [1.29, 1.82) is 0 Å². The molecule has 0 spiro atoms. The summed E-state index contributed by atoms with van der Waals surface area (Å²) in [6.07, 6.45) is -0.268. The molecule has 0 amide bonds. The number of carbonyl (C=O) groups is 1. The predicted octanol–water partition coefficient (Wildman–Crippen LogP) is 0.438. The molecule has 17 heavy (non-hydrogen) atoms. The van der Waals surface area contributed by atoms with Gasteiger partial charge in [0.25, 0.3) is 0 Å². The van der Waals surface area contributed by atoms with Crippen molar-refractivity contribution in [1.82, 2.24) is 0 Å². The molecule has 0 radical (unpaired) electrons. The molecule has 0 aliphatic rings. The Kier molecular flexibility index (Phi) is 4.25. The highest BCUT2D eigenvalue weighted by Gasteiger charge is 2.18. The summed E-state index contributed by atoms with van der Waals surface area (Å²) >= 11 is 0.